The van der Waals surface area contributed by atoms with E-state index in [2.05, 4.69) is 11.4 Å². The van der Waals surface area contributed by atoms with Gasteiger partial charge in [0.25, 0.3) is 5.91 Å². The molecule has 0 bridgehead atoms. The SMILES string of the molecule is Cc1ccc(OCC(=O)N(Cc2cccc(C)c2)[C@H](Cc2ccccc2)C(=O)NC2CCCC2)cc1. The van der Waals surface area contributed by atoms with Crippen molar-refractivity contribution in [1.29, 1.82) is 0 Å². The summed E-state index contributed by atoms with van der Waals surface area (Å²) in [5.74, 6) is 0.334. The molecule has 0 aliphatic heterocycles. The molecular formula is C31H36N2O3. The van der Waals surface area contributed by atoms with E-state index in [9.17, 15) is 9.59 Å². The topological polar surface area (TPSA) is 58.6 Å². The van der Waals surface area contributed by atoms with E-state index in [0.717, 1.165) is 47.9 Å². The molecule has 1 aliphatic carbocycles. The molecule has 5 nitrogen and oxygen atoms in total. The van der Waals surface area contributed by atoms with Gasteiger partial charge in [0.1, 0.15) is 11.8 Å². The maximum atomic E-state index is 13.7. The number of benzene rings is 3. The predicted molar refractivity (Wildman–Crippen MR) is 143 cm³/mol. The van der Waals surface area contributed by atoms with Gasteiger partial charge in [0.05, 0.1) is 0 Å². The average molecular weight is 485 g/mol. The smallest absolute Gasteiger partial charge is 0.261 e. The van der Waals surface area contributed by atoms with Crippen LogP contribution in [0, 0.1) is 13.8 Å². The van der Waals surface area contributed by atoms with Crippen LogP contribution in [0.3, 0.4) is 0 Å². The zero-order chi connectivity index (χ0) is 25.3. The van der Waals surface area contributed by atoms with Crippen LogP contribution >= 0.6 is 0 Å². The number of aryl methyl sites for hydroxylation is 2. The molecule has 1 atom stereocenters. The van der Waals surface area contributed by atoms with Crippen LogP contribution in [0.2, 0.25) is 0 Å². The fourth-order valence-electron chi connectivity index (χ4n) is 4.79. The standard InChI is InChI=1S/C31H36N2O3/c1-23-15-17-28(18-16-23)36-22-30(34)33(21-26-12-8-9-24(2)19-26)29(20-25-10-4-3-5-11-25)31(35)32-27-13-6-7-14-27/h3-5,8-12,15-19,27,29H,6-7,13-14,20-22H2,1-2H3,(H,32,35)/t29-/m1/s1. The molecule has 0 saturated heterocycles. The van der Waals surface area contributed by atoms with Gasteiger partial charge in [0.2, 0.25) is 5.91 Å². The molecule has 3 aromatic rings. The molecule has 0 radical (unpaired) electrons. The quantitative estimate of drug-likeness (QED) is 0.420. The lowest BCUT2D eigenvalue weighted by molar-refractivity contribution is -0.143. The second-order valence-corrected chi connectivity index (χ2v) is 9.81. The molecule has 3 aromatic carbocycles. The molecule has 0 unspecified atom stereocenters. The summed E-state index contributed by atoms with van der Waals surface area (Å²) in [6, 6.07) is 25.2. The molecule has 36 heavy (non-hydrogen) atoms. The molecule has 0 spiro atoms. The van der Waals surface area contributed by atoms with Crippen LogP contribution in [-0.4, -0.2) is 35.4 Å². The van der Waals surface area contributed by atoms with E-state index in [4.69, 9.17) is 4.74 Å². The van der Waals surface area contributed by atoms with Gasteiger partial charge >= 0.3 is 0 Å². The number of hydrogen-bond acceptors (Lipinski definition) is 3. The van der Waals surface area contributed by atoms with Crippen LogP contribution < -0.4 is 10.1 Å². The average Bonchev–Trinajstić information content (AvgIpc) is 3.39. The van der Waals surface area contributed by atoms with E-state index in [1.807, 2.05) is 86.6 Å². The van der Waals surface area contributed by atoms with Crippen molar-refractivity contribution in [2.45, 2.75) is 64.6 Å². The first-order valence-corrected chi connectivity index (χ1v) is 12.9. The van der Waals surface area contributed by atoms with Crippen molar-refractivity contribution in [3.63, 3.8) is 0 Å². The van der Waals surface area contributed by atoms with E-state index in [0.29, 0.717) is 18.7 Å². The molecule has 1 N–H and O–H groups in total. The third kappa shape index (κ3) is 7.20. The zero-order valence-corrected chi connectivity index (χ0v) is 21.3. The Labute approximate surface area is 214 Å². The number of rotatable bonds is 10. The van der Waals surface area contributed by atoms with Gasteiger partial charge in [-0.2, -0.15) is 0 Å². The molecule has 4 rings (SSSR count). The van der Waals surface area contributed by atoms with Crippen molar-refractivity contribution in [1.82, 2.24) is 10.2 Å². The Bertz CT molecular complexity index is 1140. The highest BCUT2D eigenvalue weighted by Gasteiger charge is 2.32. The second kappa shape index (κ2) is 12.4. The lowest BCUT2D eigenvalue weighted by Gasteiger charge is -2.32. The fraction of sp³-hybridized carbons (Fsp3) is 0.355. The van der Waals surface area contributed by atoms with E-state index >= 15 is 0 Å². The van der Waals surface area contributed by atoms with Crippen LogP contribution in [0.15, 0.2) is 78.9 Å². The van der Waals surface area contributed by atoms with Gasteiger partial charge < -0.3 is 15.0 Å². The van der Waals surface area contributed by atoms with Crippen LogP contribution in [0.1, 0.15) is 47.9 Å². The Morgan fingerprint density at radius 2 is 1.58 bits per heavy atom. The highest BCUT2D eigenvalue weighted by molar-refractivity contribution is 5.88. The highest BCUT2D eigenvalue weighted by Crippen LogP contribution is 2.21. The van der Waals surface area contributed by atoms with Crippen molar-refractivity contribution in [3.05, 3.63) is 101 Å². The van der Waals surface area contributed by atoms with Gasteiger partial charge in [-0.05, 0) is 49.9 Å². The van der Waals surface area contributed by atoms with Crippen molar-refractivity contribution in [3.8, 4) is 5.75 Å². The minimum Gasteiger partial charge on any atom is -0.484 e. The summed E-state index contributed by atoms with van der Waals surface area (Å²) >= 11 is 0. The van der Waals surface area contributed by atoms with E-state index in [-0.39, 0.29) is 24.5 Å². The molecule has 2 amide bonds. The van der Waals surface area contributed by atoms with Gasteiger partial charge in [0.15, 0.2) is 6.61 Å². The van der Waals surface area contributed by atoms with Crippen molar-refractivity contribution < 1.29 is 14.3 Å². The Balaban J connectivity index is 1.60. The maximum Gasteiger partial charge on any atom is 0.261 e. The fourth-order valence-corrected chi connectivity index (χ4v) is 4.79. The summed E-state index contributed by atoms with van der Waals surface area (Å²) in [7, 11) is 0. The molecule has 0 aromatic heterocycles. The van der Waals surface area contributed by atoms with Gasteiger partial charge in [-0.15, -0.1) is 0 Å². The predicted octanol–water partition coefficient (Wildman–Crippen LogP) is 5.38. The minimum atomic E-state index is -0.636. The van der Waals surface area contributed by atoms with Gasteiger partial charge in [-0.25, -0.2) is 0 Å². The molecule has 0 heterocycles. The molecule has 1 fully saturated rings. The summed E-state index contributed by atoms with van der Waals surface area (Å²) < 4.78 is 5.86. The number of nitrogens with one attached hydrogen (secondary N) is 1. The third-order valence-electron chi connectivity index (χ3n) is 6.79. The number of amides is 2. The number of ether oxygens (including phenoxy) is 1. The monoisotopic (exact) mass is 484 g/mol. The summed E-state index contributed by atoms with van der Waals surface area (Å²) in [5, 5.41) is 3.24. The zero-order valence-electron chi connectivity index (χ0n) is 21.3. The Kier molecular flexibility index (Phi) is 8.77. The molecule has 188 valence electrons. The normalized spacial score (nSPS) is 14.3. The molecule has 1 aliphatic rings. The number of hydrogen-bond donors (Lipinski definition) is 1. The molecule has 1 saturated carbocycles. The summed E-state index contributed by atoms with van der Waals surface area (Å²) in [6.45, 7) is 4.25. The van der Waals surface area contributed by atoms with Crippen LogP contribution in [-0.2, 0) is 22.6 Å². The van der Waals surface area contributed by atoms with Crippen LogP contribution in [0.4, 0.5) is 0 Å². The van der Waals surface area contributed by atoms with Crippen molar-refractivity contribution in [2.24, 2.45) is 0 Å². The first-order valence-electron chi connectivity index (χ1n) is 12.9. The lowest BCUT2D eigenvalue weighted by atomic mass is 10.0. The Hall–Kier alpha value is -3.60. The summed E-state index contributed by atoms with van der Waals surface area (Å²) in [5.41, 5.74) is 4.25. The second-order valence-electron chi connectivity index (χ2n) is 9.81. The minimum absolute atomic E-state index is 0.0953. The van der Waals surface area contributed by atoms with Gasteiger partial charge in [-0.3, -0.25) is 9.59 Å². The largest absolute Gasteiger partial charge is 0.484 e. The maximum absolute atomic E-state index is 13.7. The van der Waals surface area contributed by atoms with E-state index in [1.165, 1.54) is 0 Å². The number of carbonyl (C=O) groups is 2. The first-order chi connectivity index (χ1) is 17.5. The highest BCUT2D eigenvalue weighted by atomic mass is 16.5. The Morgan fingerprint density at radius 3 is 2.28 bits per heavy atom. The van der Waals surface area contributed by atoms with Gasteiger partial charge in [-0.1, -0.05) is 90.7 Å². The molecule has 5 heteroatoms. The lowest BCUT2D eigenvalue weighted by Crippen LogP contribution is -2.53. The van der Waals surface area contributed by atoms with E-state index in [1.54, 1.807) is 4.90 Å². The van der Waals surface area contributed by atoms with Crippen LogP contribution in [0.5, 0.6) is 5.75 Å². The molecular weight excluding hydrogens is 448 g/mol. The van der Waals surface area contributed by atoms with Crippen molar-refractivity contribution in [2.75, 3.05) is 6.61 Å². The van der Waals surface area contributed by atoms with E-state index < -0.39 is 6.04 Å². The Morgan fingerprint density at radius 1 is 0.889 bits per heavy atom. The van der Waals surface area contributed by atoms with Crippen LogP contribution in [0.25, 0.3) is 0 Å². The van der Waals surface area contributed by atoms with Gasteiger partial charge in [0, 0.05) is 19.0 Å². The number of carbonyl (C=O) groups excluding carboxylic acids is 2. The summed E-state index contributed by atoms with van der Waals surface area (Å²) in [6.07, 6.45) is 4.69. The summed E-state index contributed by atoms with van der Waals surface area (Å²) in [4.78, 5) is 29.0. The first kappa shape index (κ1) is 25.5. The van der Waals surface area contributed by atoms with Crippen molar-refractivity contribution >= 4 is 11.8 Å². The number of nitrogens with zero attached hydrogens (tertiary/aromatic N) is 1. The third-order valence-corrected chi connectivity index (χ3v) is 6.79.